The minimum atomic E-state index is -3.55. The van der Waals surface area contributed by atoms with Gasteiger partial charge in [0, 0.05) is 38.8 Å². The Labute approximate surface area is 158 Å². The van der Waals surface area contributed by atoms with Crippen molar-refractivity contribution in [3.05, 3.63) is 59.9 Å². The van der Waals surface area contributed by atoms with Gasteiger partial charge in [-0.3, -0.25) is 4.90 Å². The Morgan fingerprint density at radius 2 is 1.78 bits per heavy atom. The fraction of sp³-hybridized carbons (Fsp3) is 0.316. The van der Waals surface area contributed by atoms with Crippen LogP contribution in [0.1, 0.15) is 5.56 Å². The van der Waals surface area contributed by atoms with Crippen molar-refractivity contribution in [3.63, 3.8) is 0 Å². The van der Waals surface area contributed by atoms with Crippen molar-refractivity contribution in [2.45, 2.75) is 4.90 Å². The van der Waals surface area contributed by atoms with Crippen LogP contribution in [0.2, 0.25) is 0 Å². The number of hydrogen-bond acceptors (Lipinski definition) is 5. The van der Waals surface area contributed by atoms with Gasteiger partial charge in [-0.2, -0.15) is 9.57 Å². The Morgan fingerprint density at radius 3 is 2.41 bits per heavy atom. The monoisotopic (exact) mass is 389 g/mol. The predicted molar refractivity (Wildman–Crippen MR) is 98.3 cm³/mol. The van der Waals surface area contributed by atoms with Gasteiger partial charge in [-0.25, -0.2) is 12.8 Å². The Bertz CT molecular complexity index is 918. The molecule has 142 valence electrons. The molecule has 2 aromatic rings. The summed E-state index contributed by atoms with van der Waals surface area (Å²) >= 11 is 0. The molecular weight excluding hydrogens is 369 g/mol. The number of ether oxygens (including phenoxy) is 1. The van der Waals surface area contributed by atoms with Crippen molar-refractivity contribution in [2.24, 2.45) is 0 Å². The van der Waals surface area contributed by atoms with E-state index >= 15 is 0 Å². The average molecular weight is 389 g/mol. The maximum Gasteiger partial charge on any atom is 0.243 e. The molecule has 0 N–H and O–H groups in total. The van der Waals surface area contributed by atoms with Crippen molar-refractivity contribution < 1.29 is 17.5 Å². The normalized spacial score (nSPS) is 16.0. The smallest absolute Gasteiger partial charge is 0.243 e. The van der Waals surface area contributed by atoms with Gasteiger partial charge in [-0.05, 0) is 36.4 Å². The van der Waals surface area contributed by atoms with Gasteiger partial charge in [0.1, 0.15) is 18.2 Å². The van der Waals surface area contributed by atoms with Crippen molar-refractivity contribution in [2.75, 3.05) is 39.3 Å². The largest absolute Gasteiger partial charge is 0.492 e. The van der Waals surface area contributed by atoms with Crippen LogP contribution in [0, 0.1) is 17.1 Å². The highest BCUT2D eigenvalue weighted by atomic mass is 32.2. The Hall–Kier alpha value is -2.47. The summed E-state index contributed by atoms with van der Waals surface area (Å²) in [6.45, 7) is 3.03. The highest BCUT2D eigenvalue weighted by Gasteiger charge is 2.28. The lowest BCUT2D eigenvalue weighted by molar-refractivity contribution is 0.158. The standard InChI is InChI=1S/C19H20FN3O3S/c20-17-2-1-3-18(14-17)26-13-12-22-8-10-23(11-9-22)27(24,25)19-6-4-16(15-21)5-7-19/h1-7,14H,8-13H2. The van der Waals surface area contributed by atoms with E-state index in [9.17, 15) is 12.8 Å². The molecular formula is C19H20FN3O3S. The maximum atomic E-state index is 13.1. The minimum Gasteiger partial charge on any atom is -0.492 e. The second-order valence-corrected chi connectivity index (χ2v) is 8.13. The molecule has 0 atom stereocenters. The first kappa shape index (κ1) is 19.3. The highest BCUT2D eigenvalue weighted by molar-refractivity contribution is 7.89. The molecule has 1 aliphatic rings. The molecule has 6 nitrogen and oxygen atoms in total. The van der Waals surface area contributed by atoms with Crippen molar-refractivity contribution >= 4 is 10.0 Å². The van der Waals surface area contributed by atoms with E-state index < -0.39 is 10.0 Å². The number of sulfonamides is 1. The molecule has 1 aliphatic heterocycles. The van der Waals surface area contributed by atoms with Gasteiger partial charge < -0.3 is 4.74 Å². The molecule has 1 heterocycles. The summed E-state index contributed by atoms with van der Waals surface area (Å²) in [6.07, 6.45) is 0. The molecule has 1 saturated heterocycles. The number of halogens is 1. The van der Waals surface area contributed by atoms with Crippen molar-refractivity contribution in [3.8, 4) is 11.8 Å². The number of rotatable bonds is 6. The van der Waals surface area contributed by atoms with Gasteiger partial charge in [-0.1, -0.05) is 6.07 Å². The molecule has 1 fully saturated rings. The second-order valence-electron chi connectivity index (χ2n) is 6.19. The molecule has 0 aliphatic carbocycles. The van der Waals surface area contributed by atoms with Crippen LogP contribution in [-0.2, 0) is 10.0 Å². The topological polar surface area (TPSA) is 73.6 Å². The third-order valence-electron chi connectivity index (χ3n) is 4.42. The fourth-order valence-corrected chi connectivity index (χ4v) is 4.32. The highest BCUT2D eigenvalue weighted by Crippen LogP contribution is 2.18. The second kappa shape index (κ2) is 8.48. The van der Waals surface area contributed by atoms with Crippen LogP contribution in [0.5, 0.6) is 5.75 Å². The van der Waals surface area contributed by atoms with Gasteiger partial charge in [-0.15, -0.1) is 0 Å². The first-order chi connectivity index (χ1) is 13.0. The lowest BCUT2D eigenvalue weighted by Gasteiger charge is -2.33. The average Bonchev–Trinajstić information content (AvgIpc) is 2.68. The predicted octanol–water partition coefficient (Wildman–Crippen LogP) is 2.08. The van der Waals surface area contributed by atoms with Crippen LogP contribution in [-0.4, -0.2) is 57.0 Å². The molecule has 8 heteroatoms. The Morgan fingerprint density at radius 1 is 1.07 bits per heavy atom. The summed E-state index contributed by atoms with van der Waals surface area (Å²) < 4.78 is 45.5. The van der Waals surface area contributed by atoms with Crippen LogP contribution in [0.15, 0.2) is 53.4 Å². The molecule has 0 saturated carbocycles. The summed E-state index contributed by atoms with van der Waals surface area (Å²) in [6, 6.07) is 13.9. The molecule has 0 radical (unpaired) electrons. The first-order valence-electron chi connectivity index (χ1n) is 8.60. The maximum absolute atomic E-state index is 13.1. The lowest BCUT2D eigenvalue weighted by Crippen LogP contribution is -2.49. The zero-order chi connectivity index (χ0) is 19.3. The van der Waals surface area contributed by atoms with Crippen LogP contribution in [0.4, 0.5) is 4.39 Å². The summed E-state index contributed by atoms with van der Waals surface area (Å²) in [4.78, 5) is 2.31. The SMILES string of the molecule is N#Cc1ccc(S(=O)(=O)N2CCN(CCOc3cccc(F)c3)CC2)cc1. The van der Waals surface area contributed by atoms with E-state index in [4.69, 9.17) is 10.00 Å². The number of benzene rings is 2. The molecule has 0 amide bonds. The van der Waals surface area contributed by atoms with E-state index in [1.807, 2.05) is 6.07 Å². The third kappa shape index (κ3) is 4.83. The molecule has 2 aromatic carbocycles. The van der Waals surface area contributed by atoms with E-state index in [0.717, 1.165) is 0 Å². The Kier molecular flexibility index (Phi) is 6.06. The molecule has 27 heavy (non-hydrogen) atoms. The van der Waals surface area contributed by atoms with E-state index in [1.54, 1.807) is 12.1 Å². The van der Waals surface area contributed by atoms with Crippen LogP contribution >= 0.6 is 0 Å². The summed E-state index contributed by atoms with van der Waals surface area (Å²) in [7, 11) is -3.55. The van der Waals surface area contributed by atoms with E-state index in [-0.39, 0.29) is 10.7 Å². The molecule has 3 rings (SSSR count). The van der Waals surface area contributed by atoms with Gasteiger partial charge in [0.2, 0.25) is 10.0 Å². The van der Waals surface area contributed by atoms with E-state index in [2.05, 4.69) is 4.90 Å². The number of nitrogens with zero attached hydrogens (tertiary/aromatic N) is 3. The minimum absolute atomic E-state index is 0.199. The molecule has 0 spiro atoms. The zero-order valence-electron chi connectivity index (χ0n) is 14.7. The molecule has 0 aromatic heterocycles. The molecule has 0 unspecified atom stereocenters. The van der Waals surface area contributed by atoms with Gasteiger partial charge in [0.05, 0.1) is 16.5 Å². The Balaban J connectivity index is 1.50. The van der Waals surface area contributed by atoms with Crippen molar-refractivity contribution in [1.29, 1.82) is 5.26 Å². The van der Waals surface area contributed by atoms with Crippen molar-refractivity contribution in [1.82, 2.24) is 9.21 Å². The fourth-order valence-electron chi connectivity index (χ4n) is 2.89. The van der Waals surface area contributed by atoms with E-state index in [1.165, 1.54) is 40.7 Å². The summed E-state index contributed by atoms with van der Waals surface area (Å²) in [5.41, 5.74) is 0.428. The zero-order valence-corrected chi connectivity index (χ0v) is 15.5. The van der Waals surface area contributed by atoms with Gasteiger partial charge in [0.15, 0.2) is 0 Å². The quantitative estimate of drug-likeness (QED) is 0.756. The van der Waals surface area contributed by atoms with E-state index in [0.29, 0.717) is 50.6 Å². The summed E-state index contributed by atoms with van der Waals surface area (Å²) in [5.74, 6) is 0.145. The first-order valence-corrected chi connectivity index (χ1v) is 10.0. The van der Waals surface area contributed by atoms with Crippen LogP contribution in [0.3, 0.4) is 0 Å². The lowest BCUT2D eigenvalue weighted by atomic mass is 10.2. The number of nitriles is 1. The van der Waals surface area contributed by atoms with Crippen LogP contribution < -0.4 is 4.74 Å². The summed E-state index contributed by atoms with van der Waals surface area (Å²) in [5, 5.41) is 8.82. The molecule has 0 bridgehead atoms. The number of hydrogen-bond donors (Lipinski definition) is 0. The van der Waals surface area contributed by atoms with Crippen LogP contribution in [0.25, 0.3) is 0 Å². The van der Waals surface area contributed by atoms with Gasteiger partial charge >= 0.3 is 0 Å². The van der Waals surface area contributed by atoms with Gasteiger partial charge in [0.25, 0.3) is 0 Å². The number of piperazine rings is 1. The third-order valence-corrected chi connectivity index (χ3v) is 6.34.